The summed E-state index contributed by atoms with van der Waals surface area (Å²) in [5.41, 5.74) is 2.30. The number of ether oxygens (including phenoxy) is 1. The van der Waals surface area contributed by atoms with Crippen LogP contribution in [0.4, 0.5) is 5.69 Å². The first-order chi connectivity index (χ1) is 12.7. The van der Waals surface area contributed by atoms with Crippen molar-refractivity contribution in [2.45, 2.75) is 12.5 Å². The second-order valence-electron chi connectivity index (χ2n) is 7.11. The van der Waals surface area contributed by atoms with Crippen molar-refractivity contribution in [3.8, 4) is 0 Å². The van der Waals surface area contributed by atoms with Crippen molar-refractivity contribution in [3.05, 3.63) is 29.8 Å². The van der Waals surface area contributed by atoms with Crippen LogP contribution in [0.15, 0.2) is 24.3 Å². The third kappa shape index (κ3) is 3.60. The molecule has 140 valence electrons. The van der Waals surface area contributed by atoms with E-state index in [4.69, 9.17) is 4.74 Å². The van der Waals surface area contributed by atoms with Gasteiger partial charge in [0.2, 0.25) is 11.8 Å². The lowest BCUT2D eigenvalue weighted by atomic mass is 10.2. The quantitative estimate of drug-likeness (QED) is 0.804. The van der Waals surface area contributed by atoms with Gasteiger partial charge in [-0.25, -0.2) is 0 Å². The Bertz CT molecular complexity index is 667. The van der Waals surface area contributed by atoms with Crippen molar-refractivity contribution in [2.24, 2.45) is 0 Å². The zero-order chi connectivity index (χ0) is 17.9. The fraction of sp³-hybridized carbons (Fsp3) is 0.579. The number of hydrogen-bond donors (Lipinski definition) is 1. The third-order valence-corrected chi connectivity index (χ3v) is 5.45. The SMILES string of the molecule is O=C(C1COCCN1)N1CCN(CC(=O)N2CCc3ccccc32)CC1. The van der Waals surface area contributed by atoms with Crippen LogP contribution in [0.5, 0.6) is 0 Å². The highest BCUT2D eigenvalue weighted by Gasteiger charge is 2.30. The van der Waals surface area contributed by atoms with E-state index in [2.05, 4.69) is 16.3 Å². The second-order valence-corrected chi connectivity index (χ2v) is 7.11. The molecule has 0 radical (unpaired) electrons. The zero-order valence-corrected chi connectivity index (χ0v) is 15.0. The summed E-state index contributed by atoms with van der Waals surface area (Å²) in [5, 5.41) is 3.22. The van der Waals surface area contributed by atoms with Gasteiger partial charge in [-0.05, 0) is 18.1 Å². The molecule has 0 aromatic heterocycles. The molecule has 0 saturated carbocycles. The Balaban J connectivity index is 1.27. The molecule has 3 heterocycles. The van der Waals surface area contributed by atoms with E-state index in [1.165, 1.54) is 5.56 Å². The molecule has 1 N–H and O–H groups in total. The Morgan fingerprint density at radius 1 is 1.12 bits per heavy atom. The Kier molecular flexibility index (Phi) is 5.19. The van der Waals surface area contributed by atoms with Gasteiger partial charge in [0.1, 0.15) is 6.04 Å². The number of rotatable bonds is 3. The van der Waals surface area contributed by atoms with Crippen molar-refractivity contribution < 1.29 is 14.3 Å². The summed E-state index contributed by atoms with van der Waals surface area (Å²) < 4.78 is 5.38. The number of fused-ring (bicyclic) bond motifs is 1. The lowest BCUT2D eigenvalue weighted by molar-refractivity contribution is -0.138. The number of hydrogen-bond acceptors (Lipinski definition) is 5. The molecule has 3 aliphatic heterocycles. The molecular formula is C19H26N4O3. The Morgan fingerprint density at radius 3 is 2.69 bits per heavy atom. The fourth-order valence-electron chi connectivity index (χ4n) is 3.94. The molecule has 7 heteroatoms. The topological polar surface area (TPSA) is 65.1 Å². The first-order valence-electron chi connectivity index (χ1n) is 9.43. The highest BCUT2D eigenvalue weighted by Crippen LogP contribution is 2.27. The number of nitrogens with zero attached hydrogens (tertiary/aromatic N) is 3. The molecule has 1 aromatic carbocycles. The van der Waals surface area contributed by atoms with Gasteiger partial charge >= 0.3 is 0 Å². The highest BCUT2D eigenvalue weighted by molar-refractivity contribution is 5.96. The molecule has 26 heavy (non-hydrogen) atoms. The number of carbonyl (C=O) groups is 2. The van der Waals surface area contributed by atoms with Crippen LogP contribution in [0.1, 0.15) is 5.56 Å². The van der Waals surface area contributed by atoms with E-state index in [-0.39, 0.29) is 17.9 Å². The van der Waals surface area contributed by atoms with Gasteiger partial charge < -0.3 is 19.9 Å². The normalized spacial score (nSPS) is 23.8. The molecule has 2 amide bonds. The smallest absolute Gasteiger partial charge is 0.242 e. The van der Waals surface area contributed by atoms with E-state index < -0.39 is 0 Å². The van der Waals surface area contributed by atoms with Gasteiger partial charge in [-0.2, -0.15) is 0 Å². The molecule has 4 rings (SSSR count). The minimum atomic E-state index is -0.224. The minimum Gasteiger partial charge on any atom is -0.378 e. The van der Waals surface area contributed by atoms with Crippen LogP contribution < -0.4 is 10.2 Å². The lowest BCUT2D eigenvalue weighted by Gasteiger charge is -2.37. The average molecular weight is 358 g/mol. The summed E-state index contributed by atoms with van der Waals surface area (Å²) in [6, 6.07) is 7.90. The Morgan fingerprint density at radius 2 is 1.92 bits per heavy atom. The van der Waals surface area contributed by atoms with E-state index >= 15 is 0 Å². The molecule has 1 aromatic rings. The number of nitrogens with one attached hydrogen (secondary N) is 1. The van der Waals surface area contributed by atoms with E-state index in [0.717, 1.165) is 38.3 Å². The molecule has 1 atom stereocenters. The van der Waals surface area contributed by atoms with Crippen LogP contribution in [0.3, 0.4) is 0 Å². The number of morpholine rings is 1. The first-order valence-corrected chi connectivity index (χ1v) is 9.43. The van der Waals surface area contributed by atoms with Gasteiger partial charge in [0, 0.05) is 45.0 Å². The zero-order valence-electron chi connectivity index (χ0n) is 15.0. The molecular weight excluding hydrogens is 332 g/mol. The molecule has 7 nitrogen and oxygen atoms in total. The van der Waals surface area contributed by atoms with E-state index in [1.54, 1.807) is 0 Å². The van der Waals surface area contributed by atoms with Crippen LogP contribution >= 0.6 is 0 Å². The maximum absolute atomic E-state index is 12.7. The molecule has 2 saturated heterocycles. The summed E-state index contributed by atoms with van der Waals surface area (Å²) in [4.78, 5) is 31.2. The van der Waals surface area contributed by atoms with Gasteiger partial charge in [-0.3, -0.25) is 14.5 Å². The predicted octanol–water partition coefficient (Wildman–Crippen LogP) is -0.292. The van der Waals surface area contributed by atoms with Crippen LogP contribution in [-0.4, -0.2) is 86.7 Å². The second kappa shape index (κ2) is 7.73. The van der Waals surface area contributed by atoms with Crippen LogP contribution in [0, 0.1) is 0 Å². The number of para-hydroxylation sites is 1. The molecule has 1 unspecified atom stereocenters. The molecule has 0 spiro atoms. The van der Waals surface area contributed by atoms with Gasteiger partial charge in [0.25, 0.3) is 0 Å². The summed E-state index contributed by atoms with van der Waals surface area (Å²) in [7, 11) is 0. The number of anilines is 1. The standard InChI is InChI=1S/C19H26N4O3/c24-18(23-7-5-15-3-1-2-4-17(15)23)13-21-8-10-22(11-9-21)19(25)16-14-26-12-6-20-16/h1-4,16,20H,5-14H2. The molecule has 3 aliphatic rings. The van der Waals surface area contributed by atoms with Crippen LogP contribution in [0.2, 0.25) is 0 Å². The van der Waals surface area contributed by atoms with Crippen molar-refractivity contribution in [1.82, 2.24) is 15.1 Å². The van der Waals surface area contributed by atoms with Crippen molar-refractivity contribution in [3.63, 3.8) is 0 Å². The maximum atomic E-state index is 12.7. The fourth-order valence-corrected chi connectivity index (χ4v) is 3.94. The molecule has 2 fully saturated rings. The highest BCUT2D eigenvalue weighted by atomic mass is 16.5. The van der Waals surface area contributed by atoms with Crippen molar-refractivity contribution in [2.75, 3.05) is 63.9 Å². The van der Waals surface area contributed by atoms with Gasteiger partial charge in [-0.15, -0.1) is 0 Å². The van der Waals surface area contributed by atoms with Gasteiger partial charge in [0.15, 0.2) is 0 Å². The lowest BCUT2D eigenvalue weighted by Crippen LogP contribution is -2.57. The number of piperazine rings is 1. The number of amides is 2. The average Bonchev–Trinajstić information content (AvgIpc) is 3.13. The Hall–Kier alpha value is -1.96. The molecule has 0 bridgehead atoms. The van der Waals surface area contributed by atoms with Crippen LogP contribution in [-0.2, 0) is 20.7 Å². The van der Waals surface area contributed by atoms with E-state index in [9.17, 15) is 9.59 Å². The van der Waals surface area contributed by atoms with E-state index in [1.807, 2.05) is 28.0 Å². The van der Waals surface area contributed by atoms with Gasteiger partial charge in [0.05, 0.1) is 19.8 Å². The summed E-state index contributed by atoms with van der Waals surface area (Å²) in [6.45, 7) is 5.83. The van der Waals surface area contributed by atoms with Crippen molar-refractivity contribution >= 4 is 17.5 Å². The number of benzene rings is 1. The summed E-state index contributed by atoms with van der Waals surface area (Å²) in [5.74, 6) is 0.265. The first kappa shape index (κ1) is 17.5. The summed E-state index contributed by atoms with van der Waals surface area (Å²) >= 11 is 0. The maximum Gasteiger partial charge on any atom is 0.242 e. The third-order valence-electron chi connectivity index (χ3n) is 5.45. The largest absolute Gasteiger partial charge is 0.378 e. The minimum absolute atomic E-state index is 0.115. The van der Waals surface area contributed by atoms with Crippen molar-refractivity contribution in [1.29, 1.82) is 0 Å². The summed E-state index contributed by atoms with van der Waals surface area (Å²) in [6.07, 6.45) is 0.931. The monoisotopic (exact) mass is 358 g/mol. The Labute approximate surface area is 153 Å². The van der Waals surface area contributed by atoms with Crippen LogP contribution in [0.25, 0.3) is 0 Å². The number of carbonyl (C=O) groups excluding carboxylic acids is 2. The van der Waals surface area contributed by atoms with E-state index in [0.29, 0.717) is 32.8 Å². The molecule has 0 aliphatic carbocycles. The van der Waals surface area contributed by atoms with Gasteiger partial charge in [-0.1, -0.05) is 18.2 Å². The predicted molar refractivity (Wildman–Crippen MR) is 98.1 cm³/mol.